The molecular weight excluding hydrogens is 402 g/mol. The van der Waals surface area contributed by atoms with Gasteiger partial charge in [-0.05, 0) is 60.9 Å². The molecule has 8 heteroatoms. The molecule has 30 heavy (non-hydrogen) atoms. The molecule has 3 rings (SSSR count). The van der Waals surface area contributed by atoms with Gasteiger partial charge in [-0.3, -0.25) is 9.78 Å². The molecule has 0 aliphatic heterocycles. The molecule has 0 saturated heterocycles. The number of carbonyl (C=O) groups excluding carboxylic acids is 1. The van der Waals surface area contributed by atoms with Crippen molar-refractivity contribution < 1.29 is 17.9 Å². The van der Waals surface area contributed by atoms with E-state index in [1.165, 1.54) is 14.0 Å². The summed E-state index contributed by atoms with van der Waals surface area (Å²) in [4.78, 5) is 19.9. The van der Waals surface area contributed by atoms with E-state index in [0.29, 0.717) is 22.8 Å². The van der Waals surface area contributed by atoms with Crippen LogP contribution in [0.3, 0.4) is 0 Å². The molecule has 3 aromatic rings. The minimum absolute atomic E-state index is 0.150. The number of hydrogen-bond donors (Lipinski definition) is 1. The third-order valence-electron chi connectivity index (χ3n) is 4.59. The van der Waals surface area contributed by atoms with Gasteiger partial charge in [0.05, 0.1) is 12.9 Å². The fourth-order valence-electron chi connectivity index (χ4n) is 3.06. The lowest BCUT2D eigenvalue weighted by Gasteiger charge is -2.13. The first-order valence-corrected chi connectivity index (χ1v) is 10.9. The third kappa shape index (κ3) is 4.83. The minimum Gasteiger partial charge on any atom is -0.495 e. The molecule has 1 aromatic carbocycles. The highest BCUT2D eigenvalue weighted by Gasteiger charge is 2.22. The van der Waals surface area contributed by atoms with Crippen molar-refractivity contribution in [2.75, 3.05) is 12.4 Å². The molecule has 156 valence electrons. The first-order valence-electron chi connectivity index (χ1n) is 9.26. The van der Waals surface area contributed by atoms with Gasteiger partial charge in [-0.25, -0.2) is 13.4 Å². The van der Waals surface area contributed by atoms with Crippen molar-refractivity contribution in [3.63, 3.8) is 0 Å². The summed E-state index contributed by atoms with van der Waals surface area (Å²) in [5.74, 6) is 0.313. The molecule has 0 aliphatic carbocycles. The van der Waals surface area contributed by atoms with Gasteiger partial charge >= 0.3 is 0 Å². The van der Waals surface area contributed by atoms with Crippen LogP contribution >= 0.6 is 0 Å². The summed E-state index contributed by atoms with van der Waals surface area (Å²) < 4.78 is 31.5. The zero-order chi connectivity index (χ0) is 21.9. The number of amides is 1. The molecule has 0 fully saturated rings. The van der Waals surface area contributed by atoms with E-state index in [9.17, 15) is 13.2 Å². The predicted molar refractivity (Wildman–Crippen MR) is 115 cm³/mol. The van der Waals surface area contributed by atoms with E-state index in [4.69, 9.17) is 4.74 Å². The molecule has 7 nitrogen and oxygen atoms in total. The number of aryl methyl sites for hydroxylation is 2. The van der Waals surface area contributed by atoms with Crippen LogP contribution in [0.5, 0.6) is 5.75 Å². The maximum atomic E-state index is 13.1. The molecule has 2 heterocycles. The summed E-state index contributed by atoms with van der Waals surface area (Å²) in [5.41, 5.74) is 3.64. The van der Waals surface area contributed by atoms with E-state index >= 15 is 0 Å². The van der Waals surface area contributed by atoms with Crippen LogP contribution in [0.25, 0.3) is 11.1 Å². The number of ether oxygens (including phenoxy) is 1. The number of methoxy groups -OCH3 is 1. The number of anilines is 1. The molecule has 0 saturated carbocycles. The summed E-state index contributed by atoms with van der Waals surface area (Å²) in [7, 11) is -2.20. The number of nitrogens with zero attached hydrogens (tertiary/aromatic N) is 2. The molecule has 1 N–H and O–H groups in total. The lowest BCUT2D eigenvalue weighted by Crippen LogP contribution is -2.09. The zero-order valence-corrected chi connectivity index (χ0v) is 18.1. The highest BCUT2D eigenvalue weighted by Crippen LogP contribution is 2.30. The topological polar surface area (TPSA) is 98.3 Å². The average Bonchev–Trinajstić information content (AvgIpc) is 2.69. The standard InChI is InChI=1S/C22H23N3O4S/c1-14-5-6-21(20(9-14)29-4)30(27,28)13-19-10-18(12-24-15(19)2)17-7-8-23-22(11-17)25-16(3)26/h5-12H,13H2,1-4H3,(H,23,25,26). The van der Waals surface area contributed by atoms with Crippen LogP contribution in [0, 0.1) is 13.8 Å². The van der Waals surface area contributed by atoms with Gasteiger partial charge in [-0.1, -0.05) is 6.07 Å². The van der Waals surface area contributed by atoms with Crippen molar-refractivity contribution in [1.29, 1.82) is 0 Å². The number of sulfone groups is 1. The summed E-state index contributed by atoms with van der Waals surface area (Å²) in [5, 5.41) is 2.64. The maximum absolute atomic E-state index is 13.1. The highest BCUT2D eigenvalue weighted by atomic mass is 32.2. The van der Waals surface area contributed by atoms with Gasteiger partial charge in [-0.2, -0.15) is 0 Å². The molecule has 0 radical (unpaired) electrons. The summed E-state index contributed by atoms with van der Waals surface area (Å²) >= 11 is 0. The Balaban J connectivity index is 1.98. The highest BCUT2D eigenvalue weighted by molar-refractivity contribution is 7.90. The number of benzene rings is 1. The van der Waals surface area contributed by atoms with Crippen molar-refractivity contribution in [3.05, 3.63) is 65.6 Å². The Bertz CT molecular complexity index is 1210. The number of rotatable bonds is 6. The number of aromatic nitrogens is 2. The summed E-state index contributed by atoms with van der Waals surface area (Å²) in [6, 6.07) is 10.3. The molecule has 0 bridgehead atoms. The molecule has 2 aromatic heterocycles. The summed E-state index contributed by atoms with van der Waals surface area (Å²) in [6.45, 7) is 5.06. The van der Waals surface area contributed by atoms with Crippen molar-refractivity contribution in [1.82, 2.24) is 9.97 Å². The van der Waals surface area contributed by atoms with Crippen LogP contribution in [-0.4, -0.2) is 31.4 Å². The van der Waals surface area contributed by atoms with Gasteiger partial charge < -0.3 is 10.1 Å². The third-order valence-corrected chi connectivity index (χ3v) is 6.29. The molecular formula is C22H23N3O4S. The number of hydrogen-bond acceptors (Lipinski definition) is 6. The zero-order valence-electron chi connectivity index (χ0n) is 17.3. The monoisotopic (exact) mass is 425 g/mol. The first kappa shape index (κ1) is 21.4. The number of pyridine rings is 2. The fourth-order valence-corrected chi connectivity index (χ4v) is 4.64. The van der Waals surface area contributed by atoms with E-state index < -0.39 is 9.84 Å². The Labute approximate surface area is 176 Å². The van der Waals surface area contributed by atoms with Crippen molar-refractivity contribution in [2.45, 2.75) is 31.4 Å². The molecule has 0 unspecified atom stereocenters. The van der Waals surface area contributed by atoms with E-state index in [-0.39, 0.29) is 16.6 Å². The second kappa shape index (κ2) is 8.62. The van der Waals surface area contributed by atoms with Gasteiger partial charge in [-0.15, -0.1) is 0 Å². The minimum atomic E-state index is -3.65. The first-order chi connectivity index (χ1) is 14.2. The van der Waals surface area contributed by atoms with Gasteiger partial charge in [0.2, 0.25) is 5.91 Å². The van der Waals surface area contributed by atoms with E-state index in [1.807, 2.05) is 6.92 Å². The smallest absolute Gasteiger partial charge is 0.222 e. The number of carbonyl (C=O) groups is 1. The van der Waals surface area contributed by atoms with E-state index in [2.05, 4.69) is 15.3 Å². The van der Waals surface area contributed by atoms with Crippen LogP contribution in [0.1, 0.15) is 23.7 Å². The van der Waals surface area contributed by atoms with Gasteiger partial charge in [0.1, 0.15) is 16.5 Å². The lowest BCUT2D eigenvalue weighted by atomic mass is 10.1. The lowest BCUT2D eigenvalue weighted by molar-refractivity contribution is -0.114. The fraction of sp³-hybridized carbons (Fsp3) is 0.227. The van der Waals surface area contributed by atoms with Crippen molar-refractivity contribution in [3.8, 4) is 16.9 Å². The largest absolute Gasteiger partial charge is 0.495 e. The number of nitrogens with one attached hydrogen (secondary N) is 1. The molecule has 0 atom stereocenters. The molecule has 0 aliphatic rings. The van der Waals surface area contributed by atoms with E-state index in [1.54, 1.807) is 55.7 Å². The Morgan fingerprint density at radius 2 is 1.83 bits per heavy atom. The summed E-state index contributed by atoms with van der Waals surface area (Å²) in [6.07, 6.45) is 3.25. The van der Waals surface area contributed by atoms with Crippen LogP contribution in [0.2, 0.25) is 0 Å². The Morgan fingerprint density at radius 3 is 2.53 bits per heavy atom. The maximum Gasteiger partial charge on any atom is 0.222 e. The predicted octanol–water partition coefficient (Wildman–Crippen LogP) is 3.70. The van der Waals surface area contributed by atoms with E-state index in [0.717, 1.165) is 16.7 Å². The van der Waals surface area contributed by atoms with Gasteiger partial charge in [0.25, 0.3) is 0 Å². The van der Waals surface area contributed by atoms with Crippen LogP contribution in [0.4, 0.5) is 5.82 Å². The van der Waals surface area contributed by atoms with Crippen molar-refractivity contribution >= 4 is 21.6 Å². The Kier molecular flexibility index (Phi) is 6.17. The SMILES string of the molecule is COc1cc(C)ccc1S(=O)(=O)Cc1cc(-c2ccnc(NC(C)=O)c2)cnc1C. The van der Waals surface area contributed by atoms with Crippen LogP contribution in [-0.2, 0) is 20.4 Å². The Morgan fingerprint density at radius 1 is 1.07 bits per heavy atom. The van der Waals surface area contributed by atoms with Gasteiger partial charge in [0, 0.05) is 30.6 Å². The van der Waals surface area contributed by atoms with Gasteiger partial charge in [0.15, 0.2) is 9.84 Å². The Hall–Kier alpha value is -3.26. The molecule has 1 amide bonds. The second-order valence-electron chi connectivity index (χ2n) is 6.99. The quantitative estimate of drug-likeness (QED) is 0.647. The van der Waals surface area contributed by atoms with Crippen LogP contribution < -0.4 is 10.1 Å². The normalized spacial score (nSPS) is 11.2. The molecule has 0 spiro atoms. The second-order valence-corrected chi connectivity index (χ2v) is 8.95. The average molecular weight is 426 g/mol. The van der Waals surface area contributed by atoms with Crippen LogP contribution in [0.15, 0.2) is 53.7 Å². The van der Waals surface area contributed by atoms with Crippen molar-refractivity contribution in [2.24, 2.45) is 0 Å².